The van der Waals surface area contributed by atoms with Crippen molar-refractivity contribution in [2.45, 2.75) is 58.6 Å². The van der Waals surface area contributed by atoms with Crippen LogP contribution in [-0.2, 0) is 4.74 Å². The van der Waals surface area contributed by atoms with Crippen LogP contribution < -0.4 is 5.73 Å². The summed E-state index contributed by atoms with van der Waals surface area (Å²) in [5.74, 6) is 0.603. The molecule has 0 saturated heterocycles. The molecule has 0 spiro atoms. The van der Waals surface area contributed by atoms with Crippen LogP contribution in [0.1, 0.15) is 47.0 Å². The van der Waals surface area contributed by atoms with Gasteiger partial charge in [-0.15, -0.1) is 0 Å². The molecule has 2 saturated carbocycles. The fraction of sp³-hybridized carbons (Fsp3) is 0.929. The first-order valence-electron chi connectivity index (χ1n) is 6.96. The lowest BCUT2D eigenvalue weighted by atomic mass is 10.1. The molecule has 0 aromatic heterocycles. The molecule has 0 unspecified atom stereocenters. The number of carbonyl (C=O) groups is 1. The van der Waals surface area contributed by atoms with Gasteiger partial charge in [0.1, 0.15) is 5.60 Å². The standard InChI is InChI=1S/C14H26N2O2/c1-10-7-11(10)16(9-14(8-15)5-6-14)12(17)18-13(2,3)4/h10-11H,5-9,15H2,1-4H3/t10-,11-/m1/s1. The smallest absolute Gasteiger partial charge is 0.410 e. The molecule has 0 heterocycles. The molecule has 4 nitrogen and oxygen atoms in total. The van der Waals surface area contributed by atoms with Gasteiger partial charge in [-0.05, 0) is 52.5 Å². The Bertz CT molecular complexity index is 331. The van der Waals surface area contributed by atoms with Gasteiger partial charge in [0.15, 0.2) is 0 Å². The third-order valence-electron chi connectivity index (χ3n) is 3.99. The Morgan fingerprint density at radius 3 is 2.33 bits per heavy atom. The molecule has 1 amide bonds. The van der Waals surface area contributed by atoms with E-state index in [9.17, 15) is 4.79 Å². The van der Waals surface area contributed by atoms with E-state index in [1.807, 2.05) is 25.7 Å². The topological polar surface area (TPSA) is 55.6 Å². The average molecular weight is 254 g/mol. The van der Waals surface area contributed by atoms with E-state index in [2.05, 4.69) is 6.92 Å². The summed E-state index contributed by atoms with van der Waals surface area (Å²) in [5.41, 5.74) is 5.58. The summed E-state index contributed by atoms with van der Waals surface area (Å²) in [6.45, 7) is 9.37. The van der Waals surface area contributed by atoms with E-state index < -0.39 is 5.60 Å². The van der Waals surface area contributed by atoms with E-state index in [0.717, 1.165) is 25.8 Å². The summed E-state index contributed by atoms with van der Waals surface area (Å²) in [4.78, 5) is 14.2. The number of nitrogens with two attached hydrogens (primary N) is 1. The number of amides is 1. The Morgan fingerprint density at radius 1 is 1.44 bits per heavy atom. The molecule has 4 heteroatoms. The van der Waals surface area contributed by atoms with Crippen molar-refractivity contribution in [2.75, 3.05) is 13.1 Å². The molecular weight excluding hydrogens is 228 g/mol. The van der Waals surface area contributed by atoms with Crippen LogP contribution in [0.4, 0.5) is 4.79 Å². The first-order chi connectivity index (χ1) is 8.26. The Morgan fingerprint density at radius 2 is 2.00 bits per heavy atom. The van der Waals surface area contributed by atoms with E-state index in [4.69, 9.17) is 10.5 Å². The minimum absolute atomic E-state index is 0.170. The maximum atomic E-state index is 12.3. The van der Waals surface area contributed by atoms with Gasteiger partial charge < -0.3 is 15.4 Å². The number of carbonyl (C=O) groups excluding carboxylic acids is 1. The van der Waals surface area contributed by atoms with Crippen molar-refractivity contribution < 1.29 is 9.53 Å². The molecule has 0 bridgehead atoms. The van der Waals surface area contributed by atoms with Crippen LogP contribution in [0.3, 0.4) is 0 Å². The van der Waals surface area contributed by atoms with Crippen LogP contribution >= 0.6 is 0 Å². The fourth-order valence-electron chi connectivity index (χ4n) is 2.34. The van der Waals surface area contributed by atoms with Crippen molar-refractivity contribution in [3.8, 4) is 0 Å². The van der Waals surface area contributed by atoms with Crippen LogP contribution in [0.15, 0.2) is 0 Å². The lowest BCUT2D eigenvalue weighted by Crippen LogP contribution is -2.43. The van der Waals surface area contributed by atoms with Crippen molar-refractivity contribution in [3.05, 3.63) is 0 Å². The average Bonchev–Trinajstić information content (AvgIpc) is 3.11. The summed E-state index contributed by atoms with van der Waals surface area (Å²) in [5, 5.41) is 0. The van der Waals surface area contributed by atoms with E-state index in [-0.39, 0.29) is 11.5 Å². The van der Waals surface area contributed by atoms with Crippen LogP contribution in [0.2, 0.25) is 0 Å². The highest BCUT2D eigenvalue weighted by atomic mass is 16.6. The molecule has 2 aliphatic carbocycles. The fourth-order valence-corrected chi connectivity index (χ4v) is 2.34. The first kappa shape index (κ1) is 13.7. The van der Waals surface area contributed by atoms with Crippen molar-refractivity contribution >= 4 is 6.09 Å². The number of rotatable bonds is 4. The van der Waals surface area contributed by atoms with Gasteiger partial charge in [-0.2, -0.15) is 0 Å². The number of ether oxygens (including phenoxy) is 1. The Labute approximate surface area is 110 Å². The second-order valence-electron chi connectivity index (χ2n) is 7.09. The van der Waals surface area contributed by atoms with Gasteiger partial charge in [-0.3, -0.25) is 0 Å². The van der Waals surface area contributed by atoms with Gasteiger partial charge in [0.25, 0.3) is 0 Å². The third-order valence-corrected chi connectivity index (χ3v) is 3.99. The van der Waals surface area contributed by atoms with E-state index in [1.54, 1.807) is 0 Å². The normalized spacial score (nSPS) is 28.7. The Kier molecular flexibility index (Phi) is 3.34. The first-order valence-corrected chi connectivity index (χ1v) is 6.96. The molecule has 2 N–H and O–H groups in total. The molecule has 0 radical (unpaired) electrons. The Hall–Kier alpha value is -0.770. The SMILES string of the molecule is C[C@@H]1C[C@H]1N(CC1(CN)CC1)C(=O)OC(C)(C)C. The molecule has 0 aromatic rings. The van der Waals surface area contributed by atoms with Gasteiger partial charge in [0.2, 0.25) is 0 Å². The molecule has 2 aliphatic rings. The van der Waals surface area contributed by atoms with Crippen LogP contribution in [0.25, 0.3) is 0 Å². The van der Waals surface area contributed by atoms with Crippen LogP contribution in [0, 0.1) is 11.3 Å². The number of nitrogens with zero attached hydrogens (tertiary/aromatic N) is 1. The summed E-state index contributed by atoms with van der Waals surface area (Å²) in [7, 11) is 0. The summed E-state index contributed by atoms with van der Waals surface area (Å²) >= 11 is 0. The highest BCUT2D eigenvalue weighted by molar-refractivity contribution is 5.69. The minimum atomic E-state index is -0.424. The van der Waals surface area contributed by atoms with Gasteiger partial charge in [0.05, 0.1) is 0 Å². The van der Waals surface area contributed by atoms with Gasteiger partial charge in [-0.25, -0.2) is 4.79 Å². The lowest BCUT2D eigenvalue weighted by molar-refractivity contribution is 0.0185. The monoisotopic (exact) mass is 254 g/mol. The third kappa shape index (κ3) is 3.16. The summed E-state index contributed by atoms with van der Waals surface area (Å²) in [6, 6.07) is 0.365. The second kappa shape index (κ2) is 4.41. The van der Waals surface area contributed by atoms with Crippen LogP contribution in [0.5, 0.6) is 0 Å². The minimum Gasteiger partial charge on any atom is -0.444 e. The number of hydrogen-bond donors (Lipinski definition) is 1. The van der Waals surface area contributed by atoms with Gasteiger partial charge in [0, 0.05) is 18.0 Å². The molecule has 2 rings (SSSR count). The highest BCUT2D eigenvalue weighted by Crippen LogP contribution is 2.47. The molecule has 2 atom stereocenters. The molecular formula is C14H26N2O2. The number of hydrogen-bond acceptors (Lipinski definition) is 3. The molecule has 104 valence electrons. The van der Waals surface area contributed by atoms with E-state index >= 15 is 0 Å². The zero-order valence-electron chi connectivity index (χ0n) is 12.0. The molecule has 2 fully saturated rings. The summed E-state index contributed by atoms with van der Waals surface area (Å²) in [6.07, 6.45) is 3.21. The largest absolute Gasteiger partial charge is 0.444 e. The highest BCUT2D eigenvalue weighted by Gasteiger charge is 2.49. The van der Waals surface area contributed by atoms with Crippen molar-refractivity contribution in [1.82, 2.24) is 4.90 Å². The predicted octanol–water partition coefficient (Wildman–Crippen LogP) is 2.37. The van der Waals surface area contributed by atoms with Crippen molar-refractivity contribution in [3.63, 3.8) is 0 Å². The van der Waals surface area contributed by atoms with Gasteiger partial charge in [-0.1, -0.05) is 6.92 Å². The maximum Gasteiger partial charge on any atom is 0.410 e. The molecule has 0 aromatic carbocycles. The zero-order chi connectivity index (χ0) is 13.6. The van der Waals surface area contributed by atoms with Crippen molar-refractivity contribution in [1.29, 1.82) is 0 Å². The second-order valence-corrected chi connectivity index (χ2v) is 7.09. The maximum absolute atomic E-state index is 12.3. The Balaban J connectivity index is 1.99. The van der Waals surface area contributed by atoms with Crippen molar-refractivity contribution in [2.24, 2.45) is 17.1 Å². The van der Waals surface area contributed by atoms with Crippen LogP contribution in [-0.4, -0.2) is 35.7 Å². The molecule has 18 heavy (non-hydrogen) atoms. The quantitative estimate of drug-likeness (QED) is 0.838. The summed E-state index contributed by atoms with van der Waals surface area (Å²) < 4.78 is 5.51. The molecule has 0 aliphatic heterocycles. The van der Waals surface area contributed by atoms with E-state index in [0.29, 0.717) is 18.5 Å². The van der Waals surface area contributed by atoms with E-state index in [1.165, 1.54) is 0 Å². The van der Waals surface area contributed by atoms with Gasteiger partial charge >= 0.3 is 6.09 Å². The predicted molar refractivity (Wildman–Crippen MR) is 71.2 cm³/mol. The zero-order valence-corrected chi connectivity index (χ0v) is 12.0. The lowest BCUT2D eigenvalue weighted by Gasteiger charge is -2.30.